The Hall–Kier alpha value is -2.59. The summed E-state index contributed by atoms with van der Waals surface area (Å²) in [6.45, 7) is 7.75. The van der Waals surface area contributed by atoms with Crippen LogP contribution in [0.4, 0.5) is 0 Å². The van der Waals surface area contributed by atoms with Crippen LogP contribution in [0.15, 0.2) is 77.4 Å². The van der Waals surface area contributed by atoms with Gasteiger partial charge in [0.2, 0.25) is 0 Å². The van der Waals surface area contributed by atoms with E-state index in [1.54, 1.807) is 12.2 Å². The van der Waals surface area contributed by atoms with Crippen LogP contribution in [0.5, 0.6) is 0 Å². The second-order valence-electron chi connectivity index (χ2n) is 5.14. The monoisotopic (exact) mass is 325 g/mol. The fraction of sp³-hybridized carbons (Fsp3) is 0.250. The number of ether oxygens (including phenoxy) is 1. The number of aliphatic hydroxyl groups is 2. The van der Waals surface area contributed by atoms with Crippen LogP contribution in [0.1, 0.15) is 25.8 Å². The van der Waals surface area contributed by atoms with E-state index in [4.69, 9.17) is 4.74 Å². The first-order chi connectivity index (χ1) is 11.7. The lowest BCUT2D eigenvalue weighted by Gasteiger charge is -2.28. The first-order valence-corrected chi connectivity index (χ1v) is 8.09. The summed E-state index contributed by atoms with van der Waals surface area (Å²) in [5, 5.41) is 20.2. The van der Waals surface area contributed by atoms with E-state index >= 15 is 0 Å². The highest BCUT2D eigenvalue weighted by Crippen LogP contribution is 2.35. The molecule has 3 rings (SSSR count). The van der Waals surface area contributed by atoms with Crippen LogP contribution < -0.4 is 0 Å². The Morgan fingerprint density at radius 1 is 1.25 bits per heavy atom. The minimum atomic E-state index is -0.819. The molecule has 4 heteroatoms. The number of aliphatic hydroxyl groups excluding tert-OH is 2. The van der Waals surface area contributed by atoms with Crippen LogP contribution in [-0.4, -0.2) is 28.6 Å². The molecule has 2 N–H and O–H groups in total. The Balaban J connectivity index is 0.00000100. The molecule has 0 aromatic heterocycles. The molecule has 0 aliphatic carbocycles. The van der Waals surface area contributed by atoms with Crippen molar-refractivity contribution in [3.63, 3.8) is 0 Å². The van der Waals surface area contributed by atoms with Crippen molar-refractivity contribution < 1.29 is 14.9 Å². The summed E-state index contributed by atoms with van der Waals surface area (Å²) in [5.74, 6) is 0.689. The number of aliphatic imine (C=N–C) groups is 1. The molecule has 24 heavy (non-hydrogen) atoms. The summed E-state index contributed by atoms with van der Waals surface area (Å²) < 4.78 is 5.64. The number of hydrogen-bond donors (Lipinski definition) is 2. The molecule has 0 fully saturated rings. The first-order valence-electron chi connectivity index (χ1n) is 8.09. The Kier molecular flexibility index (Phi) is 6.15. The van der Waals surface area contributed by atoms with Gasteiger partial charge in [0.1, 0.15) is 17.6 Å². The minimum Gasteiger partial charge on any atom is -0.507 e. The van der Waals surface area contributed by atoms with E-state index in [9.17, 15) is 10.2 Å². The third-order valence-electron chi connectivity index (χ3n) is 3.77. The van der Waals surface area contributed by atoms with Gasteiger partial charge < -0.3 is 14.9 Å². The summed E-state index contributed by atoms with van der Waals surface area (Å²) >= 11 is 0. The van der Waals surface area contributed by atoms with Gasteiger partial charge in [-0.05, 0) is 24.1 Å². The van der Waals surface area contributed by atoms with E-state index in [0.717, 1.165) is 5.56 Å². The van der Waals surface area contributed by atoms with Gasteiger partial charge in [-0.1, -0.05) is 50.8 Å². The third-order valence-corrected chi connectivity index (χ3v) is 3.77. The van der Waals surface area contributed by atoms with Gasteiger partial charge in [0.15, 0.2) is 0 Å². The first kappa shape index (κ1) is 17.8. The van der Waals surface area contributed by atoms with Crippen molar-refractivity contribution in [2.45, 2.75) is 32.4 Å². The van der Waals surface area contributed by atoms with Crippen molar-refractivity contribution in [1.82, 2.24) is 0 Å². The van der Waals surface area contributed by atoms with Gasteiger partial charge in [0, 0.05) is 11.1 Å². The summed E-state index contributed by atoms with van der Waals surface area (Å²) in [4.78, 5) is 4.26. The second kappa shape index (κ2) is 8.31. The van der Waals surface area contributed by atoms with E-state index in [2.05, 4.69) is 11.6 Å². The molecule has 0 spiro atoms. The molecule has 4 nitrogen and oxygen atoms in total. The maximum atomic E-state index is 10.8. The summed E-state index contributed by atoms with van der Waals surface area (Å²) in [7, 11) is 0. The predicted molar refractivity (Wildman–Crippen MR) is 97.7 cm³/mol. The molecule has 2 unspecified atom stereocenters. The molecule has 2 aliphatic heterocycles. The molecule has 2 heterocycles. The van der Waals surface area contributed by atoms with Crippen molar-refractivity contribution in [3.05, 3.63) is 78.0 Å². The third kappa shape index (κ3) is 3.66. The van der Waals surface area contributed by atoms with Gasteiger partial charge in [-0.15, -0.1) is 0 Å². The van der Waals surface area contributed by atoms with Crippen LogP contribution in [0.2, 0.25) is 0 Å². The fourth-order valence-corrected chi connectivity index (χ4v) is 2.63. The van der Waals surface area contributed by atoms with E-state index in [-0.39, 0.29) is 11.8 Å². The average Bonchev–Trinajstić information content (AvgIpc) is 2.64. The molecule has 1 aromatic rings. The maximum Gasteiger partial charge on any atom is 0.132 e. The Morgan fingerprint density at radius 2 is 1.96 bits per heavy atom. The van der Waals surface area contributed by atoms with Gasteiger partial charge in [-0.3, -0.25) is 4.99 Å². The smallest absolute Gasteiger partial charge is 0.132 e. The molecule has 1 aromatic carbocycles. The van der Waals surface area contributed by atoms with Crippen molar-refractivity contribution in [2.24, 2.45) is 4.99 Å². The number of hydrogen-bond acceptors (Lipinski definition) is 4. The fourth-order valence-electron chi connectivity index (χ4n) is 2.63. The van der Waals surface area contributed by atoms with Crippen LogP contribution >= 0.6 is 0 Å². The lowest BCUT2D eigenvalue weighted by molar-refractivity contribution is 0.230. The Bertz CT molecular complexity index is 699. The number of benzene rings is 1. The molecule has 0 saturated heterocycles. The minimum absolute atomic E-state index is 0.147. The highest BCUT2D eigenvalue weighted by Gasteiger charge is 2.30. The summed E-state index contributed by atoms with van der Waals surface area (Å²) in [6.07, 6.45) is 5.91. The molecule has 0 radical (unpaired) electrons. The molecular weight excluding hydrogens is 302 g/mol. The van der Waals surface area contributed by atoms with Gasteiger partial charge in [0.05, 0.1) is 18.5 Å². The van der Waals surface area contributed by atoms with Gasteiger partial charge in [-0.2, -0.15) is 0 Å². The maximum absolute atomic E-state index is 10.8. The standard InChI is InChI=1S/C18H17NO3.C2H6/c1-2-16-17(12-6-4-3-5-7-12)18(21)14(11-22-16)15-9-8-13(20)10-19-15;1-2/h2-8,10-11,15,18,20-21H,1,9H2;1-2H3. The number of dihydropyridines is 1. The Morgan fingerprint density at radius 3 is 2.54 bits per heavy atom. The second-order valence-corrected chi connectivity index (χ2v) is 5.14. The van der Waals surface area contributed by atoms with Crippen LogP contribution in [0.3, 0.4) is 0 Å². The number of rotatable bonds is 3. The van der Waals surface area contributed by atoms with Gasteiger partial charge in [-0.25, -0.2) is 0 Å². The predicted octanol–water partition coefficient (Wildman–Crippen LogP) is 4.17. The lowest BCUT2D eigenvalue weighted by atomic mass is 9.88. The number of nitrogens with zero attached hydrogens (tertiary/aromatic N) is 1. The Labute approximate surface area is 142 Å². The van der Waals surface area contributed by atoms with Gasteiger partial charge >= 0.3 is 0 Å². The molecular formula is C20H23NO3. The van der Waals surface area contributed by atoms with Crippen molar-refractivity contribution in [3.8, 4) is 0 Å². The van der Waals surface area contributed by atoms with E-state index in [1.165, 1.54) is 12.5 Å². The van der Waals surface area contributed by atoms with Crippen molar-refractivity contribution >= 4 is 11.8 Å². The van der Waals surface area contributed by atoms with Crippen LogP contribution in [-0.2, 0) is 4.74 Å². The highest BCUT2D eigenvalue weighted by molar-refractivity contribution is 5.78. The van der Waals surface area contributed by atoms with Crippen LogP contribution in [0, 0.1) is 0 Å². The zero-order valence-electron chi connectivity index (χ0n) is 14.0. The molecule has 0 bridgehead atoms. The topological polar surface area (TPSA) is 62.0 Å². The average molecular weight is 325 g/mol. The van der Waals surface area contributed by atoms with E-state index < -0.39 is 6.10 Å². The number of allylic oxidation sites excluding steroid dienone is 2. The van der Waals surface area contributed by atoms with Crippen LogP contribution in [0.25, 0.3) is 5.57 Å². The normalized spacial score (nSPS) is 22.6. The summed E-state index contributed by atoms with van der Waals surface area (Å²) in [6, 6.07) is 9.34. The molecule has 2 aliphatic rings. The molecule has 2 atom stereocenters. The SMILES string of the molecule is C=CC1=C(c2ccccc2)C(O)C(C2CC=C(O)C=N2)=CO1.CC. The molecule has 126 valence electrons. The van der Waals surface area contributed by atoms with Gasteiger partial charge in [0.25, 0.3) is 0 Å². The van der Waals surface area contributed by atoms with Crippen molar-refractivity contribution in [2.75, 3.05) is 0 Å². The summed E-state index contributed by atoms with van der Waals surface area (Å²) in [5.41, 5.74) is 2.24. The largest absolute Gasteiger partial charge is 0.507 e. The molecule has 0 amide bonds. The highest BCUT2D eigenvalue weighted by atomic mass is 16.5. The quantitative estimate of drug-likeness (QED) is 0.877. The molecule has 0 saturated carbocycles. The zero-order chi connectivity index (χ0) is 17.5. The van der Waals surface area contributed by atoms with E-state index in [1.807, 2.05) is 44.2 Å². The van der Waals surface area contributed by atoms with Crippen molar-refractivity contribution in [1.29, 1.82) is 0 Å². The zero-order valence-corrected chi connectivity index (χ0v) is 14.0. The lowest BCUT2D eigenvalue weighted by Crippen LogP contribution is -2.27. The van der Waals surface area contributed by atoms with E-state index in [0.29, 0.717) is 23.3 Å².